The number of ether oxygens (including phenoxy) is 1. The molecule has 5 aliphatic rings. The van der Waals surface area contributed by atoms with Gasteiger partial charge in [0.25, 0.3) is 5.91 Å². The van der Waals surface area contributed by atoms with E-state index in [0.717, 1.165) is 40.2 Å². The molecule has 1 heterocycles. The number of rotatable bonds is 6. The van der Waals surface area contributed by atoms with Crippen LogP contribution in [-0.2, 0) is 6.54 Å². The number of nitrogens with zero attached hydrogens (tertiary/aromatic N) is 1. The van der Waals surface area contributed by atoms with Crippen molar-refractivity contribution in [2.24, 2.45) is 23.2 Å². The van der Waals surface area contributed by atoms with Crippen LogP contribution in [0, 0.1) is 23.2 Å². The maximum Gasteiger partial charge on any atom is 0.256 e. The van der Waals surface area contributed by atoms with Gasteiger partial charge in [0.1, 0.15) is 11.9 Å². The number of nitrogens with one attached hydrogen (secondary N) is 1. The van der Waals surface area contributed by atoms with Crippen LogP contribution in [0.3, 0.4) is 0 Å². The molecule has 4 nitrogen and oxygen atoms in total. The first kappa shape index (κ1) is 20.3. The number of carbonyl (C=O) groups is 1. The first-order chi connectivity index (χ1) is 15.5. The van der Waals surface area contributed by atoms with Gasteiger partial charge < -0.3 is 9.64 Å². The molecule has 1 N–H and O–H groups in total. The van der Waals surface area contributed by atoms with Crippen LogP contribution in [0.15, 0.2) is 48.5 Å². The van der Waals surface area contributed by atoms with Gasteiger partial charge in [0.05, 0.1) is 7.11 Å². The number of methoxy groups -OCH3 is 1. The van der Waals surface area contributed by atoms with Crippen LogP contribution in [-0.4, -0.2) is 24.0 Å². The maximum absolute atomic E-state index is 13.4. The molecule has 2 aromatic carbocycles. The van der Waals surface area contributed by atoms with Crippen molar-refractivity contribution in [3.05, 3.63) is 65.2 Å². The number of hydrogen-bond donors (Lipinski definition) is 1. The Morgan fingerprint density at radius 3 is 2.25 bits per heavy atom. The van der Waals surface area contributed by atoms with Gasteiger partial charge in [-0.25, -0.2) is 0 Å². The van der Waals surface area contributed by atoms with Crippen LogP contribution in [0.25, 0.3) is 0 Å². The third kappa shape index (κ3) is 3.26. The van der Waals surface area contributed by atoms with Crippen molar-refractivity contribution >= 4 is 5.91 Å². The van der Waals surface area contributed by atoms with Gasteiger partial charge in [0.2, 0.25) is 0 Å². The van der Waals surface area contributed by atoms with Crippen LogP contribution < -0.4 is 10.1 Å². The highest BCUT2D eigenvalue weighted by Crippen LogP contribution is 2.61. The van der Waals surface area contributed by atoms with Gasteiger partial charge in [-0.05, 0) is 92.4 Å². The van der Waals surface area contributed by atoms with Gasteiger partial charge in [-0.15, -0.1) is 0 Å². The number of carbonyl (C=O) groups excluding carboxylic acids is 1. The van der Waals surface area contributed by atoms with Gasteiger partial charge in [0.15, 0.2) is 0 Å². The lowest BCUT2D eigenvalue weighted by Gasteiger charge is -2.59. The quantitative estimate of drug-likeness (QED) is 0.654. The summed E-state index contributed by atoms with van der Waals surface area (Å²) < 4.78 is 5.31. The van der Waals surface area contributed by atoms with Gasteiger partial charge in [0, 0.05) is 23.7 Å². The second-order valence-corrected chi connectivity index (χ2v) is 10.9. The molecule has 7 rings (SSSR count). The maximum atomic E-state index is 13.4. The summed E-state index contributed by atoms with van der Waals surface area (Å²) in [5.41, 5.74) is 3.50. The Hall–Kier alpha value is -2.33. The van der Waals surface area contributed by atoms with E-state index in [0.29, 0.717) is 18.0 Å². The van der Waals surface area contributed by atoms with Gasteiger partial charge in [-0.2, -0.15) is 0 Å². The molecule has 2 unspecified atom stereocenters. The van der Waals surface area contributed by atoms with Crippen LogP contribution in [0.2, 0.25) is 0 Å². The summed E-state index contributed by atoms with van der Waals surface area (Å²) in [4.78, 5) is 15.5. The highest BCUT2D eigenvalue weighted by molar-refractivity contribution is 5.99. The standard InChI is InChI=1S/C28H34N2O2/c1-18(28-14-20-11-21(15-28)13-22(12-20)16-28)29-26-24-5-3-4-6-25(24)27(31)30(26)17-19-7-9-23(32-2)10-8-19/h3-10,18,20-22,26,29H,11-17H2,1-2H3. The minimum atomic E-state index is -0.0659. The fourth-order valence-electron chi connectivity index (χ4n) is 7.76. The molecule has 168 valence electrons. The van der Waals surface area contributed by atoms with Gasteiger partial charge in [-0.3, -0.25) is 10.1 Å². The highest BCUT2D eigenvalue weighted by atomic mass is 16.5. The molecule has 2 aromatic rings. The van der Waals surface area contributed by atoms with E-state index in [1.165, 1.54) is 38.5 Å². The molecular weight excluding hydrogens is 396 g/mol. The number of fused-ring (bicyclic) bond motifs is 1. The fraction of sp³-hybridized carbons (Fsp3) is 0.536. The summed E-state index contributed by atoms with van der Waals surface area (Å²) >= 11 is 0. The molecule has 0 aromatic heterocycles. The number of benzene rings is 2. The summed E-state index contributed by atoms with van der Waals surface area (Å²) in [5, 5.41) is 4.00. The average Bonchev–Trinajstić information content (AvgIpc) is 3.05. The van der Waals surface area contributed by atoms with Crippen molar-refractivity contribution in [1.82, 2.24) is 10.2 Å². The van der Waals surface area contributed by atoms with Crippen LogP contribution in [0.5, 0.6) is 5.75 Å². The fourth-order valence-corrected chi connectivity index (χ4v) is 7.76. The Kier molecular flexibility index (Phi) is 4.83. The molecule has 32 heavy (non-hydrogen) atoms. The second-order valence-electron chi connectivity index (χ2n) is 10.9. The Morgan fingerprint density at radius 2 is 1.62 bits per heavy atom. The molecule has 0 radical (unpaired) electrons. The van der Waals surface area contributed by atoms with Crippen molar-refractivity contribution in [2.45, 2.75) is 64.2 Å². The zero-order valence-corrected chi connectivity index (χ0v) is 19.2. The first-order valence-electron chi connectivity index (χ1n) is 12.3. The van der Waals surface area contributed by atoms with E-state index in [2.05, 4.69) is 36.5 Å². The van der Waals surface area contributed by atoms with E-state index >= 15 is 0 Å². The Morgan fingerprint density at radius 1 is 1.00 bits per heavy atom. The van der Waals surface area contributed by atoms with Crippen LogP contribution >= 0.6 is 0 Å². The Bertz CT molecular complexity index is 979. The van der Waals surface area contributed by atoms with E-state index in [9.17, 15) is 4.79 Å². The molecule has 4 bridgehead atoms. The van der Waals surface area contributed by atoms with E-state index in [-0.39, 0.29) is 12.1 Å². The normalized spacial score (nSPS) is 33.4. The SMILES string of the molecule is COc1ccc(CN2C(=O)c3ccccc3C2NC(C)C23CC4CC(CC(C4)C2)C3)cc1. The predicted molar refractivity (Wildman–Crippen MR) is 125 cm³/mol. The molecule has 4 fully saturated rings. The van der Waals surface area contributed by atoms with Crippen LogP contribution in [0.1, 0.15) is 73.1 Å². The van der Waals surface area contributed by atoms with E-state index in [1.54, 1.807) is 7.11 Å². The molecule has 4 heteroatoms. The van der Waals surface area contributed by atoms with E-state index < -0.39 is 0 Å². The third-order valence-electron chi connectivity index (χ3n) is 8.98. The Labute approximate surface area is 191 Å². The zero-order valence-electron chi connectivity index (χ0n) is 19.2. The molecule has 2 atom stereocenters. The Balaban J connectivity index is 1.28. The summed E-state index contributed by atoms with van der Waals surface area (Å²) in [6, 6.07) is 16.6. The van der Waals surface area contributed by atoms with Crippen molar-refractivity contribution in [3.8, 4) is 5.75 Å². The smallest absolute Gasteiger partial charge is 0.256 e. The van der Waals surface area contributed by atoms with Crippen molar-refractivity contribution in [1.29, 1.82) is 0 Å². The van der Waals surface area contributed by atoms with E-state index in [1.807, 2.05) is 29.2 Å². The van der Waals surface area contributed by atoms with Gasteiger partial charge >= 0.3 is 0 Å². The first-order valence-corrected chi connectivity index (χ1v) is 12.3. The third-order valence-corrected chi connectivity index (χ3v) is 8.98. The number of hydrogen-bond acceptors (Lipinski definition) is 3. The number of amides is 1. The topological polar surface area (TPSA) is 41.6 Å². The van der Waals surface area contributed by atoms with Crippen molar-refractivity contribution in [3.63, 3.8) is 0 Å². The summed E-state index contributed by atoms with van der Waals surface area (Å²) in [6.07, 6.45) is 8.42. The molecular formula is C28H34N2O2. The predicted octanol–water partition coefficient (Wildman–Crippen LogP) is 5.54. The lowest BCUT2D eigenvalue weighted by molar-refractivity contribution is -0.0752. The lowest BCUT2D eigenvalue weighted by atomic mass is 9.48. The second kappa shape index (κ2) is 7.62. The summed E-state index contributed by atoms with van der Waals surface area (Å²) in [7, 11) is 1.68. The van der Waals surface area contributed by atoms with Crippen molar-refractivity contribution in [2.75, 3.05) is 7.11 Å². The molecule has 1 amide bonds. The summed E-state index contributed by atoms with van der Waals surface area (Å²) in [6.45, 7) is 2.99. The monoisotopic (exact) mass is 430 g/mol. The average molecular weight is 431 g/mol. The highest BCUT2D eigenvalue weighted by Gasteiger charge is 2.54. The minimum absolute atomic E-state index is 0.0659. The van der Waals surface area contributed by atoms with Crippen LogP contribution in [0.4, 0.5) is 0 Å². The van der Waals surface area contributed by atoms with Crippen molar-refractivity contribution < 1.29 is 9.53 Å². The molecule has 0 spiro atoms. The summed E-state index contributed by atoms with van der Waals surface area (Å²) in [5.74, 6) is 3.76. The minimum Gasteiger partial charge on any atom is -0.497 e. The molecule has 0 saturated heterocycles. The molecule has 1 aliphatic heterocycles. The zero-order chi connectivity index (χ0) is 21.9. The largest absolute Gasteiger partial charge is 0.497 e. The van der Waals surface area contributed by atoms with Gasteiger partial charge in [-0.1, -0.05) is 30.3 Å². The van der Waals surface area contributed by atoms with E-state index in [4.69, 9.17) is 4.74 Å². The molecule has 4 saturated carbocycles. The lowest BCUT2D eigenvalue weighted by Crippen LogP contribution is -2.56. The molecule has 4 aliphatic carbocycles.